The molecule has 2 aliphatic rings. The lowest BCUT2D eigenvalue weighted by molar-refractivity contribution is -0.124. The van der Waals surface area contributed by atoms with Crippen molar-refractivity contribution in [2.45, 2.75) is 44.4 Å². The number of halogens is 2. The zero-order valence-electron chi connectivity index (χ0n) is 16.0. The fraction of sp³-hybridized carbons (Fsp3) is 0.409. The van der Waals surface area contributed by atoms with E-state index >= 15 is 0 Å². The second kappa shape index (κ2) is 10.8. The summed E-state index contributed by atoms with van der Waals surface area (Å²) in [5.74, 6) is 0.145. The topological polar surface area (TPSA) is 44.4 Å². The monoisotopic (exact) mass is 421 g/mol. The molecule has 1 fully saturated rings. The molecule has 0 aliphatic carbocycles. The Labute approximate surface area is 179 Å². The van der Waals surface area contributed by atoms with E-state index < -0.39 is 0 Å². The number of fused-ring (bicyclic) bond motifs is 1. The van der Waals surface area contributed by atoms with Crippen LogP contribution in [0.2, 0.25) is 0 Å². The molecule has 2 atom stereocenters. The second-order valence-corrected chi connectivity index (χ2v) is 7.47. The van der Waals surface area contributed by atoms with Crippen molar-refractivity contribution in [3.05, 3.63) is 71.3 Å². The van der Waals surface area contributed by atoms with Crippen molar-refractivity contribution >= 4 is 30.7 Å². The van der Waals surface area contributed by atoms with Gasteiger partial charge < -0.3 is 10.6 Å². The summed E-state index contributed by atoms with van der Waals surface area (Å²) < 4.78 is 0. The average molecular weight is 422 g/mol. The fourth-order valence-electron chi connectivity index (χ4n) is 4.10. The number of nitrogens with one attached hydrogen (secondary N) is 2. The predicted molar refractivity (Wildman–Crippen MR) is 118 cm³/mol. The number of piperidine rings is 1. The van der Waals surface area contributed by atoms with E-state index in [4.69, 9.17) is 0 Å². The normalized spacial score (nSPS) is 21.6. The van der Waals surface area contributed by atoms with Crippen LogP contribution in [0.15, 0.2) is 54.6 Å². The van der Waals surface area contributed by atoms with E-state index in [1.165, 1.54) is 16.7 Å². The summed E-state index contributed by atoms with van der Waals surface area (Å²) in [4.78, 5) is 15.2. The second-order valence-electron chi connectivity index (χ2n) is 7.47. The number of benzene rings is 2. The SMILES string of the molecule is Cl.Cl.O=C(NC1CCCN(Cc2ccccc2)C1)C1Cc2ccccc2CN1. The number of amides is 1. The number of nitrogens with zero attached hydrogens (tertiary/aromatic N) is 1. The zero-order chi connectivity index (χ0) is 17.8. The summed E-state index contributed by atoms with van der Waals surface area (Å²) in [7, 11) is 0. The van der Waals surface area contributed by atoms with E-state index in [1.54, 1.807) is 0 Å². The molecular formula is C22H29Cl2N3O. The van der Waals surface area contributed by atoms with Gasteiger partial charge in [0.25, 0.3) is 0 Å². The summed E-state index contributed by atoms with van der Waals surface area (Å²) in [6, 6.07) is 19.1. The third-order valence-electron chi connectivity index (χ3n) is 5.50. The molecule has 2 heterocycles. The summed E-state index contributed by atoms with van der Waals surface area (Å²) in [5.41, 5.74) is 3.94. The van der Waals surface area contributed by atoms with Crippen LogP contribution >= 0.6 is 24.8 Å². The Morgan fingerprint density at radius 2 is 1.75 bits per heavy atom. The number of carbonyl (C=O) groups is 1. The number of likely N-dealkylation sites (tertiary alicyclic amines) is 1. The minimum Gasteiger partial charge on any atom is -0.351 e. The Balaban J connectivity index is 0.00000140. The molecule has 28 heavy (non-hydrogen) atoms. The maximum Gasteiger partial charge on any atom is 0.237 e. The molecule has 2 aromatic carbocycles. The van der Waals surface area contributed by atoms with Crippen LogP contribution in [0.25, 0.3) is 0 Å². The van der Waals surface area contributed by atoms with Crippen molar-refractivity contribution in [1.29, 1.82) is 0 Å². The maximum atomic E-state index is 12.7. The molecule has 2 unspecified atom stereocenters. The Kier molecular flexibility index (Phi) is 8.77. The Bertz CT molecular complexity index is 756. The highest BCUT2D eigenvalue weighted by atomic mass is 35.5. The molecule has 2 aliphatic heterocycles. The number of rotatable bonds is 4. The van der Waals surface area contributed by atoms with E-state index in [9.17, 15) is 4.79 Å². The molecule has 0 radical (unpaired) electrons. The largest absolute Gasteiger partial charge is 0.351 e. The summed E-state index contributed by atoms with van der Waals surface area (Å²) in [5, 5.41) is 6.68. The fourth-order valence-corrected chi connectivity index (χ4v) is 4.10. The molecule has 1 saturated heterocycles. The van der Waals surface area contributed by atoms with Crippen molar-refractivity contribution in [3.63, 3.8) is 0 Å². The average Bonchev–Trinajstić information content (AvgIpc) is 2.68. The molecule has 4 nitrogen and oxygen atoms in total. The first kappa shape index (κ1) is 22.7. The van der Waals surface area contributed by atoms with Gasteiger partial charge in [0.2, 0.25) is 5.91 Å². The van der Waals surface area contributed by atoms with Gasteiger partial charge in [0.05, 0.1) is 6.04 Å². The van der Waals surface area contributed by atoms with Crippen LogP contribution in [0.5, 0.6) is 0 Å². The van der Waals surface area contributed by atoms with Crippen LogP contribution in [0.3, 0.4) is 0 Å². The molecule has 1 amide bonds. The third-order valence-corrected chi connectivity index (χ3v) is 5.50. The highest BCUT2D eigenvalue weighted by Crippen LogP contribution is 2.18. The maximum absolute atomic E-state index is 12.7. The molecule has 4 rings (SSSR count). The van der Waals surface area contributed by atoms with Crippen LogP contribution in [-0.4, -0.2) is 36.0 Å². The van der Waals surface area contributed by atoms with Gasteiger partial charge in [-0.1, -0.05) is 54.6 Å². The summed E-state index contributed by atoms with van der Waals surface area (Å²) >= 11 is 0. The lowest BCUT2D eigenvalue weighted by atomic mass is 9.95. The summed E-state index contributed by atoms with van der Waals surface area (Å²) in [6.07, 6.45) is 2.99. The number of carbonyl (C=O) groups excluding carboxylic acids is 1. The number of hydrogen-bond donors (Lipinski definition) is 2. The Morgan fingerprint density at radius 3 is 2.54 bits per heavy atom. The van der Waals surface area contributed by atoms with Crippen molar-refractivity contribution < 1.29 is 4.79 Å². The number of hydrogen-bond acceptors (Lipinski definition) is 3. The van der Waals surface area contributed by atoms with Gasteiger partial charge in [-0.05, 0) is 42.5 Å². The smallest absolute Gasteiger partial charge is 0.237 e. The molecule has 152 valence electrons. The molecule has 0 saturated carbocycles. The minimum absolute atomic E-state index is 0. The van der Waals surface area contributed by atoms with E-state index in [0.29, 0.717) is 0 Å². The minimum atomic E-state index is -0.116. The lowest BCUT2D eigenvalue weighted by Crippen LogP contribution is -2.54. The van der Waals surface area contributed by atoms with E-state index in [1.807, 2.05) is 0 Å². The first-order valence-electron chi connectivity index (χ1n) is 9.65. The zero-order valence-corrected chi connectivity index (χ0v) is 17.6. The van der Waals surface area contributed by atoms with Crippen molar-refractivity contribution in [2.75, 3.05) is 13.1 Å². The van der Waals surface area contributed by atoms with Crippen molar-refractivity contribution in [1.82, 2.24) is 15.5 Å². The van der Waals surface area contributed by atoms with Crippen molar-refractivity contribution in [2.24, 2.45) is 0 Å². The van der Waals surface area contributed by atoms with Gasteiger partial charge in [-0.3, -0.25) is 9.69 Å². The Morgan fingerprint density at radius 1 is 1.04 bits per heavy atom. The van der Waals surface area contributed by atoms with Gasteiger partial charge in [-0.25, -0.2) is 0 Å². The Hall–Kier alpha value is -1.59. The van der Waals surface area contributed by atoms with Gasteiger partial charge in [0.15, 0.2) is 0 Å². The molecule has 6 heteroatoms. The first-order valence-corrected chi connectivity index (χ1v) is 9.65. The molecule has 0 aromatic heterocycles. The van der Waals surface area contributed by atoms with Crippen molar-refractivity contribution in [3.8, 4) is 0 Å². The van der Waals surface area contributed by atoms with Gasteiger partial charge in [0.1, 0.15) is 0 Å². The van der Waals surface area contributed by atoms with Crippen LogP contribution in [0.1, 0.15) is 29.5 Å². The molecule has 2 N–H and O–H groups in total. The van der Waals surface area contributed by atoms with E-state index in [2.05, 4.69) is 70.1 Å². The quantitative estimate of drug-likeness (QED) is 0.795. The molecule has 0 bridgehead atoms. The van der Waals surface area contributed by atoms with Crippen LogP contribution in [0.4, 0.5) is 0 Å². The highest BCUT2D eigenvalue weighted by Gasteiger charge is 2.27. The van der Waals surface area contributed by atoms with Gasteiger partial charge >= 0.3 is 0 Å². The predicted octanol–water partition coefficient (Wildman–Crippen LogP) is 3.33. The van der Waals surface area contributed by atoms with Gasteiger partial charge in [0, 0.05) is 25.7 Å². The van der Waals surface area contributed by atoms with Gasteiger partial charge in [-0.2, -0.15) is 0 Å². The summed E-state index contributed by atoms with van der Waals surface area (Å²) in [6.45, 7) is 3.78. The van der Waals surface area contributed by atoms with Crippen LogP contribution in [-0.2, 0) is 24.3 Å². The molecule has 0 spiro atoms. The van der Waals surface area contributed by atoms with E-state index in [0.717, 1.165) is 45.4 Å². The van der Waals surface area contributed by atoms with Gasteiger partial charge in [-0.15, -0.1) is 24.8 Å². The highest BCUT2D eigenvalue weighted by molar-refractivity contribution is 5.85. The third kappa shape index (κ3) is 5.71. The van der Waals surface area contributed by atoms with Crippen LogP contribution < -0.4 is 10.6 Å². The van der Waals surface area contributed by atoms with Crippen LogP contribution in [0, 0.1) is 0 Å². The lowest BCUT2D eigenvalue weighted by Gasteiger charge is -2.34. The molecule has 2 aromatic rings. The standard InChI is InChI=1S/C22H27N3O.2ClH/c26-22(21-13-18-9-4-5-10-19(18)14-23-21)24-20-11-6-12-25(16-20)15-17-7-2-1-3-8-17;;/h1-5,7-10,20-21,23H,6,11-16H2,(H,24,26);2*1H. The first-order chi connectivity index (χ1) is 12.8. The van der Waals surface area contributed by atoms with E-state index in [-0.39, 0.29) is 42.8 Å². The molecular weight excluding hydrogens is 393 g/mol.